The van der Waals surface area contributed by atoms with Crippen molar-refractivity contribution in [1.82, 2.24) is 10.2 Å². The van der Waals surface area contributed by atoms with Gasteiger partial charge in [0.15, 0.2) is 0 Å². The van der Waals surface area contributed by atoms with E-state index in [4.69, 9.17) is 4.74 Å². The zero-order valence-corrected chi connectivity index (χ0v) is 14.4. The van der Waals surface area contributed by atoms with Gasteiger partial charge in [0.25, 0.3) is 0 Å². The SMILES string of the molecule is CCCNCC1(CN(C)CCc2cccs2)CCOCC1. The minimum Gasteiger partial charge on any atom is -0.381 e. The highest BCUT2D eigenvalue weighted by molar-refractivity contribution is 7.09. The molecule has 1 saturated heterocycles. The second kappa shape index (κ2) is 8.89. The van der Waals surface area contributed by atoms with Crippen molar-refractivity contribution in [3.8, 4) is 0 Å². The molecule has 1 aliphatic heterocycles. The molecule has 1 aliphatic rings. The lowest BCUT2D eigenvalue weighted by molar-refractivity contribution is -0.000314. The highest BCUT2D eigenvalue weighted by Crippen LogP contribution is 2.30. The van der Waals surface area contributed by atoms with Crippen LogP contribution in [0.5, 0.6) is 0 Å². The fraction of sp³-hybridized carbons (Fsp3) is 0.765. The van der Waals surface area contributed by atoms with Crippen LogP contribution >= 0.6 is 11.3 Å². The van der Waals surface area contributed by atoms with E-state index in [9.17, 15) is 0 Å². The van der Waals surface area contributed by atoms with E-state index in [1.807, 2.05) is 11.3 Å². The number of rotatable bonds is 9. The lowest BCUT2D eigenvalue weighted by Gasteiger charge is -2.40. The lowest BCUT2D eigenvalue weighted by atomic mass is 9.79. The summed E-state index contributed by atoms with van der Waals surface area (Å²) < 4.78 is 5.59. The fourth-order valence-electron chi connectivity index (χ4n) is 3.13. The zero-order valence-electron chi connectivity index (χ0n) is 13.6. The van der Waals surface area contributed by atoms with Gasteiger partial charge in [-0.2, -0.15) is 0 Å². The van der Waals surface area contributed by atoms with Gasteiger partial charge < -0.3 is 15.0 Å². The van der Waals surface area contributed by atoms with Crippen molar-refractivity contribution in [2.45, 2.75) is 32.6 Å². The molecule has 0 amide bonds. The maximum absolute atomic E-state index is 5.59. The highest BCUT2D eigenvalue weighted by Gasteiger charge is 2.33. The van der Waals surface area contributed by atoms with Crippen LogP contribution in [0.2, 0.25) is 0 Å². The minimum absolute atomic E-state index is 0.400. The van der Waals surface area contributed by atoms with Crippen molar-refractivity contribution in [2.75, 3.05) is 46.4 Å². The molecule has 0 bridgehead atoms. The maximum Gasteiger partial charge on any atom is 0.0472 e. The molecule has 3 nitrogen and oxygen atoms in total. The van der Waals surface area contributed by atoms with Crippen LogP contribution in [0.25, 0.3) is 0 Å². The number of nitrogens with zero attached hydrogens (tertiary/aromatic N) is 1. The Hall–Kier alpha value is -0.420. The third-order valence-corrected chi connectivity index (χ3v) is 5.34. The van der Waals surface area contributed by atoms with E-state index in [0.29, 0.717) is 5.41 Å². The molecule has 1 fully saturated rings. The molecule has 1 N–H and O–H groups in total. The van der Waals surface area contributed by atoms with Gasteiger partial charge in [-0.25, -0.2) is 0 Å². The first-order chi connectivity index (χ1) is 10.2. The number of thiophene rings is 1. The minimum atomic E-state index is 0.400. The van der Waals surface area contributed by atoms with Gasteiger partial charge in [0.05, 0.1) is 0 Å². The van der Waals surface area contributed by atoms with Crippen molar-refractivity contribution < 1.29 is 4.74 Å². The first kappa shape index (κ1) is 16.9. The van der Waals surface area contributed by atoms with E-state index in [2.05, 4.69) is 41.7 Å². The number of likely N-dealkylation sites (N-methyl/N-ethyl adjacent to an activating group) is 1. The Morgan fingerprint density at radius 1 is 1.38 bits per heavy atom. The molecular weight excluding hydrogens is 280 g/mol. The summed E-state index contributed by atoms with van der Waals surface area (Å²) in [5.41, 5.74) is 0.400. The molecule has 2 heterocycles. The van der Waals surface area contributed by atoms with Gasteiger partial charge in [-0.1, -0.05) is 13.0 Å². The van der Waals surface area contributed by atoms with Crippen LogP contribution in [0.3, 0.4) is 0 Å². The zero-order chi connectivity index (χ0) is 15.0. The molecule has 0 aliphatic carbocycles. The van der Waals surface area contributed by atoms with E-state index in [1.54, 1.807) is 0 Å². The summed E-state index contributed by atoms with van der Waals surface area (Å²) in [7, 11) is 2.27. The number of ether oxygens (including phenoxy) is 1. The monoisotopic (exact) mass is 310 g/mol. The lowest BCUT2D eigenvalue weighted by Crippen LogP contribution is -2.47. The molecular formula is C17H30N2OS. The summed E-state index contributed by atoms with van der Waals surface area (Å²) >= 11 is 1.87. The fourth-order valence-corrected chi connectivity index (χ4v) is 3.83. The van der Waals surface area contributed by atoms with Crippen LogP contribution < -0.4 is 5.32 Å². The molecule has 0 saturated carbocycles. The molecule has 120 valence electrons. The topological polar surface area (TPSA) is 24.5 Å². The van der Waals surface area contributed by atoms with E-state index in [-0.39, 0.29) is 0 Å². The third kappa shape index (κ3) is 5.70. The second-order valence-electron chi connectivity index (χ2n) is 6.36. The predicted octanol–water partition coefficient (Wildman–Crippen LogP) is 3.02. The Kier molecular flexibility index (Phi) is 7.17. The number of hydrogen-bond acceptors (Lipinski definition) is 4. The van der Waals surface area contributed by atoms with E-state index < -0.39 is 0 Å². The summed E-state index contributed by atoms with van der Waals surface area (Å²) in [5.74, 6) is 0. The van der Waals surface area contributed by atoms with Gasteiger partial charge in [-0.05, 0) is 56.1 Å². The van der Waals surface area contributed by atoms with Crippen molar-refractivity contribution in [3.05, 3.63) is 22.4 Å². The standard InChI is InChI=1S/C17H30N2OS/c1-3-9-18-14-17(7-11-20-12-8-17)15-19(2)10-6-16-5-4-13-21-16/h4-5,13,18H,3,6-12,14-15H2,1-2H3. The van der Waals surface area contributed by atoms with Crippen LogP contribution in [-0.2, 0) is 11.2 Å². The molecule has 0 unspecified atom stereocenters. The van der Waals surface area contributed by atoms with Crippen molar-refractivity contribution in [2.24, 2.45) is 5.41 Å². The Bertz CT molecular complexity index is 374. The summed E-state index contributed by atoms with van der Waals surface area (Å²) in [6.45, 7) is 8.67. The number of hydrogen-bond donors (Lipinski definition) is 1. The highest BCUT2D eigenvalue weighted by atomic mass is 32.1. The summed E-state index contributed by atoms with van der Waals surface area (Å²) in [5, 5.41) is 5.81. The van der Waals surface area contributed by atoms with Gasteiger partial charge in [0, 0.05) is 37.7 Å². The van der Waals surface area contributed by atoms with Crippen LogP contribution in [0, 0.1) is 5.41 Å². The molecule has 2 rings (SSSR count). The Morgan fingerprint density at radius 2 is 2.19 bits per heavy atom. The molecule has 1 aromatic rings. The maximum atomic E-state index is 5.59. The first-order valence-corrected chi connectivity index (χ1v) is 9.11. The Balaban J connectivity index is 1.81. The van der Waals surface area contributed by atoms with Gasteiger partial charge in [0.2, 0.25) is 0 Å². The molecule has 0 radical (unpaired) electrons. The van der Waals surface area contributed by atoms with Crippen LogP contribution in [0.4, 0.5) is 0 Å². The molecule has 0 aromatic carbocycles. The second-order valence-corrected chi connectivity index (χ2v) is 7.39. The largest absolute Gasteiger partial charge is 0.381 e. The van der Waals surface area contributed by atoms with Crippen molar-refractivity contribution in [3.63, 3.8) is 0 Å². The Labute approximate surface area is 133 Å². The Morgan fingerprint density at radius 3 is 2.86 bits per heavy atom. The molecule has 0 spiro atoms. The quantitative estimate of drug-likeness (QED) is 0.710. The van der Waals surface area contributed by atoms with Gasteiger partial charge in [0.1, 0.15) is 0 Å². The summed E-state index contributed by atoms with van der Waals surface area (Å²) in [4.78, 5) is 4.01. The van der Waals surface area contributed by atoms with Gasteiger partial charge >= 0.3 is 0 Å². The van der Waals surface area contributed by atoms with E-state index in [0.717, 1.165) is 32.8 Å². The van der Waals surface area contributed by atoms with Crippen LogP contribution in [0.1, 0.15) is 31.1 Å². The molecule has 0 atom stereocenters. The summed E-state index contributed by atoms with van der Waals surface area (Å²) in [6, 6.07) is 4.39. The summed E-state index contributed by atoms with van der Waals surface area (Å²) in [6.07, 6.45) is 4.75. The van der Waals surface area contributed by atoms with E-state index >= 15 is 0 Å². The first-order valence-electron chi connectivity index (χ1n) is 8.23. The molecule has 1 aromatic heterocycles. The predicted molar refractivity (Wildman–Crippen MR) is 91.2 cm³/mol. The average Bonchev–Trinajstić information content (AvgIpc) is 3.00. The molecule has 4 heteroatoms. The smallest absolute Gasteiger partial charge is 0.0472 e. The van der Waals surface area contributed by atoms with Gasteiger partial charge in [-0.3, -0.25) is 0 Å². The van der Waals surface area contributed by atoms with Crippen molar-refractivity contribution in [1.29, 1.82) is 0 Å². The molecule has 21 heavy (non-hydrogen) atoms. The van der Waals surface area contributed by atoms with Gasteiger partial charge in [-0.15, -0.1) is 11.3 Å². The average molecular weight is 311 g/mol. The van der Waals surface area contributed by atoms with Crippen molar-refractivity contribution >= 4 is 11.3 Å². The van der Waals surface area contributed by atoms with Crippen LogP contribution in [0.15, 0.2) is 17.5 Å². The number of nitrogens with one attached hydrogen (secondary N) is 1. The van der Waals surface area contributed by atoms with Crippen LogP contribution in [-0.4, -0.2) is 51.3 Å². The van der Waals surface area contributed by atoms with E-state index in [1.165, 1.54) is 37.1 Å². The third-order valence-electron chi connectivity index (χ3n) is 4.41. The normalized spacial score (nSPS) is 18.2.